The second kappa shape index (κ2) is 4.51. The van der Waals surface area contributed by atoms with Gasteiger partial charge in [-0.15, -0.1) is 11.3 Å². The van der Waals surface area contributed by atoms with Crippen LogP contribution in [0.25, 0.3) is 10.6 Å². The van der Waals surface area contributed by atoms with Gasteiger partial charge in [0.1, 0.15) is 10.8 Å². The molecule has 0 aliphatic carbocycles. The molecule has 4 nitrogen and oxygen atoms in total. The van der Waals surface area contributed by atoms with Crippen LogP contribution in [-0.4, -0.2) is 12.1 Å². The normalized spacial score (nSPS) is 10.2. The number of aryl methyl sites for hydroxylation is 1. The van der Waals surface area contributed by atoms with Gasteiger partial charge in [-0.3, -0.25) is 0 Å². The number of hydrogen-bond donors (Lipinski definition) is 2. The molecule has 3 N–H and O–H groups in total. The van der Waals surface area contributed by atoms with E-state index < -0.39 is 0 Å². The minimum absolute atomic E-state index is 0.688. The van der Waals surface area contributed by atoms with Crippen molar-refractivity contribution in [2.45, 2.75) is 6.92 Å². The van der Waals surface area contributed by atoms with Gasteiger partial charge in [0.15, 0.2) is 5.82 Å². The number of methoxy groups -OCH3 is 1. The van der Waals surface area contributed by atoms with Gasteiger partial charge in [0.2, 0.25) is 0 Å². The Morgan fingerprint density at radius 2 is 2.25 bits per heavy atom. The summed E-state index contributed by atoms with van der Waals surface area (Å²) in [5.41, 5.74) is 4.70. The van der Waals surface area contributed by atoms with E-state index in [1.165, 1.54) is 0 Å². The van der Waals surface area contributed by atoms with Crippen LogP contribution < -0.4 is 16.0 Å². The van der Waals surface area contributed by atoms with E-state index in [4.69, 9.17) is 10.6 Å². The highest BCUT2D eigenvalue weighted by molar-refractivity contribution is 7.13. The van der Waals surface area contributed by atoms with E-state index in [0.717, 1.165) is 21.9 Å². The number of nitrogen functional groups attached to an aromatic ring is 1. The molecule has 0 fully saturated rings. The Bertz CT molecular complexity index is 496. The van der Waals surface area contributed by atoms with E-state index in [2.05, 4.69) is 16.5 Å². The van der Waals surface area contributed by atoms with E-state index in [0.29, 0.717) is 5.82 Å². The Morgan fingerprint density at radius 3 is 2.81 bits per heavy atom. The molecule has 0 unspecified atom stereocenters. The third-order valence-electron chi connectivity index (χ3n) is 2.29. The predicted octanol–water partition coefficient (Wildman–Crippen LogP) is 2.41. The lowest BCUT2D eigenvalue weighted by Crippen LogP contribution is -2.06. The quantitative estimate of drug-likeness (QED) is 0.633. The third-order valence-corrected chi connectivity index (χ3v) is 3.19. The first kappa shape index (κ1) is 10.9. The summed E-state index contributed by atoms with van der Waals surface area (Å²) in [6.45, 7) is 2.01. The molecule has 5 heteroatoms. The van der Waals surface area contributed by atoms with Crippen molar-refractivity contribution in [3.8, 4) is 16.3 Å². The van der Waals surface area contributed by atoms with E-state index in [9.17, 15) is 0 Å². The van der Waals surface area contributed by atoms with E-state index in [-0.39, 0.29) is 0 Å². The van der Waals surface area contributed by atoms with Crippen LogP contribution in [0, 0.1) is 6.92 Å². The predicted molar refractivity (Wildman–Crippen MR) is 66.6 cm³/mol. The molecule has 1 aromatic carbocycles. The number of benzene rings is 1. The van der Waals surface area contributed by atoms with Crippen molar-refractivity contribution in [2.75, 3.05) is 12.5 Å². The van der Waals surface area contributed by atoms with Gasteiger partial charge in [-0.1, -0.05) is 0 Å². The smallest absolute Gasteiger partial charge is 0.151 e. The Hall–Kier alpha value is -1.59. The molecule has 0 aliphatic rings. The molecule has 2 aromatic rings. The molecule has 0 amide bonds. The molecule has 1 aromatic heterocycles. The lowest BCUT2D eigenvalue weighted by molar-refractivity contribution is 0.412. The van der Waals surface area contributed by atoms with Gasteiger partial charge in [-0.05, 0) is 30.7 Å². The molecule has 0 bridgehead atoms. The SMILES string of the molecule is COc1ccc(-c2nc(NN)cs2)cc1C. The number of hydrazine groups is 1. The number of anilines is 1. The van der Waals surface area contributed by atoms with Crippen molar-refractivity contribution >= 4 is 17.2 Å². The fourth-order valence-electron chi connectivity index (χ4n) is 1.48. The van der Waals surface area contributed by atoms with Crippen LogP contribution in [0.1, 0.15) is 5.56 Å². The lowest BCUT2D eigenvalue weighted by atomic mass is 10.1. The molecule has 0 atom stereocenters. The van der Waals surface area contributed by atoms with Crippen molar-refractivity contribution in [1.29, 1.82) is 0 Å². The van der Waals surface area contributed by atoms with Crippen LogP contribution in [0.2, 0.25) is 0 Å². The van der Waals surface area contributed by atoms with Crippen molar-refractivity contribution < 1.29 is 4.74 Å². The van der Waals surface area contributed by atoms with Gasteiger partial charge in [-0.25, -0.2) is 10.8 Å². The highest BCUT2D eigenvalue weighted by Crippen LogP contribution is 2.29. The van der Waals surface area contributed by atoms with Crippen LogP contribution in [0.15, 0.2) is 23.6 Å². The highest BCUT2D eigenvalue weighted by atomic mass is 32.1. The zero-order valence-electron chi connectivity index (χ0n) is 9.15. The van der Waals surface area contributed by atoms with Crippen molar-refractivity contribution in [3.63, 3.8) is 0 Å². The fourth-order valence-corrected chi connectivity index (χ4v) is 2.24. The van der Waals surface area contributed by atoms with Gasteiger partial charge in [0, 0.05) is 10.9 Å². The molecular weight excluding hydrogens is 222 g/mol. The van der Waals surface area contributed by atoms with E-state index in [1.54, 1.807) is 18.4 Å². The Morgan fingerprint density at radius 1 is 1.44 bits per heavy atom. The number of nitrogens with one attached hydrogen (secondary N) is 1. The molecule has 16 heavy (non-hydrogen) atoms. The van der Waals surface area contributed by atoms with Crippen LogP contribution >= 0.6 is 11.3 Å². The number of nitrogens with two attached hydrogens (primary N) is 1. The first-order chi connectivity index (χ1) is 7.74. The summed E-state index contributed by atoms with van der Waals surface area (Å²) in [4.78, 5) is 4.34. The summed E-state index contributed by atoms with van der Waals surface area (Å²) in [6.07, 6.45) is 0. The zero-order valence-corrected chi connectivity index (χ0v) is 9.97. The molecule has 0 saturated carbocycles. The van der Waals surface area contributed by atoms with Crippen LogP contribution in [0.4, 0.5) is 5.82 Å². The van der Waals surface area contributed by atoms with Gasteiger partial charge in [0.05, 0.1) is 7.11 Å². The molecule has 0 radical (unpaired) electrons. The largest absolute Gasteiger partial charge is 0.496 e. The number of ether oxygens (including phenoxy) is 1. The van der Waals surface area contributed by atoms with Gasteiger partial charge < -0.3 is 10.2 Å². The van der Waals surface area contributed by atoms with Crippen LogP contribution in [0.3, 0.4) is 0 Å². The summed E-state index contributed by atoms with van der Waals surface area (Å²) in [7, 11) is 1.67. The standard InChI is InChI=1S/C11H13N3OS/c1-7-5-8(3-4-9(7)15-2)11-13-10(14-12)6-16-11/h3-6,14H,12H2,1-2H3. The van der Waals surface area contributed by atoms with Gasteiger partial charge in [0.25, 0.3) is 0 Å². The summed E-state index contributed by atoms with van der Waals surface area (Å²) < 4.78 is 5.21. The highest BCUT2D eigenvalue weighted by Gasteiger charge is 2.06. The molecule has 0 aliphatic heterocycles. The summed E-state index contributed by atoms with van der Waals surface area (Å²) in [6, 6.07) is 5.99. The summed E-state index contributed by atoms with van der Waals surface area (Å²) in [5.74, 6) is 6.87. The minimum Gasteiger partial charge on any atom is -0.496 e. The minimum atomic E-state index is 0.688. The summed E-state index contributed by atoms with van der Waals surface area (Å²) >= 11 is 1.55. The first-order valence-corrected chi connectivity index (χ1v) is 5.69. The number of thiazole rings is 1. The maximum absolute atomic E-state index is 5.29. The second-order valence-electron chi connectivity index (χ2n) is 3.37. The molecule has 0 saturated heterocycles. The molecule has 84 valence electrons. The van der Waals surface area contributed by atoms with Crippen molar-refractivity contribution in [2.24, 2.45) is 5.84 Å². The number of aromatic nitrogens is 1. The Balaban J connectivity index is 2.37. The zero-order chi connectivity index (χ0) is 11.5. The first-order valence-electron chi connectivity index (χ1n) is 4.81. The van der Waals surface area contributed by atoms with Crippen LogP contribution in [-0.2, 0) is 0 Å². The molecule has 0 spiro atoms. The molecular formula is C11H13N3OS. The van der Waals surface area contributed by atoms with Crippen LogP contribution in [0.5, 0.6) is 5.75 Å². The topological polar surface area (TPSA) is 60.2 Å². The second-order valence-corrected chi connectivity index (χ2v) is 4.22. The van der Waals surface area contributed by atoms with Gasteiger partial charge in [-0.2, -0.15) is 0 Å². The maximum atomic E-state index is 5.29. The molecule has 2 rings (SSSR count). The average molecular weight is 235 g/mol. The number of rotatable bonds is 3. The average Bonchev–Trinajstić information content (AvgIpc) is 2.77. The fraction of sp³-hybridized carbons (Fsp3) is 0.182. The Labute approximate surface area is 98.1 Å². The monoisotopic (exact) mass is 235 g/mol. The summed E-state index contributed by atoms with van der Waals surface area (Å²) in [5, 5.41) is 2.83. The van der Waals surface area contributed by atoms with Crippen molar-refractivity contribution in [1.82, 2.24) is 4.98 Å². The van der Waals surface area contributed by atoms with E-state index >= 15 is 0 Å². The Kier molecular flexibility index (Phi) is 3.07. The van der Waals surface area contributed by atoms with Gasteiger partial charge >= 0.3 is 0 Å². The number of hydrogen-bond acceptors (Lipinski definition) is 5. The lowest BCUT2D eigenvalue weighted by Gasteiger charge is -2.05. The third kappa shape index (κ3) is 2.00. The maximum Gasteiger partial charge on any atom is 0.151 e. The van der Waals surface area contributed by atoms with Crippen molar-refractivity contribution in [3.05, 3.63) is 29.1 Å². The number of nitrogens with zero attached hydrogens (tertiary/aromatic N) is 1. The van der Waals surface area contributed by atoms with E-state index in [1.807, 2.05) is 24.4 Å². The molecule has 1 heterocycles.